The van der Waals surface area contributed by atoms with Crippen LogP contribution < -0.4 is 4.74 Å². The molecule has 0 unspecified atom stereocenters. The Morgan fingerprint density at radius 1 is 1.00 bits per heavy atom. The second-order valence-corrected chi connectivity index (χ2v) is 4.07. The Balaban J connectivity index is 2.15. The van der Waals surface area contributed by atoms with Crippen LogP contribution in [0.25, 0.3) is 0 Å². The normalized spacial score (nSPS) is 9.82. The summed E-state index contributed by atoms with van der Waals surface area (Å²) in [7, 11) is 0. The lowest BCUT2D eigenvalue weighted by molar-refractivity contribution is -0.757. The summed E-state index contributed by atoms with van der Waals surface area (Å²) in [5.74, 6) is 0.134. The van der Waals surface area contributed by atoms with Crippen LogP contribution in [0.5, 0.6) is 5.75 Å². The third-order valence-electron chi connectivity index (χ3n) is 2.45. The molecule has 0 aliphatic rings. The molecule has 120 valence electrons. The molecule has 0 radical (unpaired) electrons. The first-order valence-electron chi connectivity index (χ1n) is 6.35. The van der Waals surface area contributed by atoms with Crippen LogP contribution in [0, 0.1) is 20.2 Å². The van der Waals surface area contributed by atoms with Crippen LogP contribution in [0.4, 0.5) is 10.5 Å². The lowest BCUT2D eigenvalue weighted by Crippen LogP contribution is -2.11. The maximum absolute atomic E-state index is 11.3. The average Bonchev–Trinajstić information content (AvgIpc) is 2.46. The number of carbonyl (C=O) groups is 1. The van der Waals surface area contributed by atoms with E-state index in [2.05, 4.69) is 4.84 Å². The maximum Gasteiger partial charge on any atom is 0.513 e. The predicted molar refractivity (Wildman–Crippen MR) is 71.9 cm³/mol. The maximum atomic E-state index is 11.3. The Kier molecular flexibility index (Phi) is 7.09. The molecular formula is C12H14N2O8. The van der Waals surface area contributed by atoms with Crippen molar-refractivity contribution in [3.05, 3.63) is 44.5 Å². The predicted octanol–water partition coefficient (Wildman–Crippen LogP) is 2.49. The highest BCUT2D eigenvalue weighted by atomic mass is 16.9. The highest BCUT2D eigenvalue weighted by Gasteiger charge is 2.08. The SMILES string of the molecule is O=C(OCCCCCO[N+](=O)[O-])Oc1ccc([N+](=O)[O-])cc1. The molecule has 0 aliphatic heterocycles. The van der Waals surface area contributed by atoms with Crippen molar-refractivity contribution in [1.82, 2.24) is 0 Å². The average molecular weight is 314 g/mol. The fourth-order valence-corrected chi connectivity index (χ4v) is 1.44. The standard InChI is InChI=1S/C12H14N2O8/c15-12(20-8-2-1-3-9-21-14(18)19)22-11-6-4-10(5-7-11)13(16)17/h4-7H,1-3,8-9H2. The number of hydrogen-bond acceptors (Lipinski definition) is 8. The van der Waals surface area contributed by atoms with Gasteiger partial charge in [0.1, 0.15) is 5.75 Å². The second-order valence-electron chi connectivity index (χ2n) is 4.07. The van der Waals surface area contributed by atoms with Gasteiger partial charge in [-0.2, -0.15) is 0 Å². The van der Waals surface area contributed by atoms with Gasteiger partial charge < -0.3 is 14.3 Å². The van der Waals surface area contributed by atoms with Gasteiger partial charge in [0, 0.05) is 12.1 Å². The number of rotatable bonds is 9. The lowest BCUT2D eigenvalue weighted by Gasteiger charge is -2.05. The Hall–Kier alpha value is -2.91. The Morgan fingerprint density at radius 3 is 2.23 bits per heavy atom. The fraction of sp³-hybridized carbons (Fsp3) is 0.417. The molecule has 0 N–H and O–H groups in total. The number of nitrogens with zero attached hydrogens (tertiary/aromatic N) is 2. The lowest BCUT2D eigenvalue weighted by atomic mass is 10.2. The molecule has 0 atom stereocenters. The molecule has 0 fully saturated rings. The van der Waals surface area contributed by atoms with Crippen LogP contribution in [0.15, 0.2) is 24.3 Å². The first-order chi connectivity index (χ1) is 10.5. The molecule has 1 aromatic rings. The summed E-state index contributed by atoms with van der Waals surface area (Å²) in [6.07, 6.45) is 0.659. The Labute approximate surface area is 124 Å². The molecule has 0 amide bonds. The summed E-state index contributed by atoms with van der Waals surface area (Å²) < 4.78 is 9.59. The zero-order chi connectivity index (χ0) is 16.4. The molecule has 10 nitrogen and oxygen atoms in total. The van der Waals surface area contributed by atoms with Crippen molar-refractivity contribution in [3.63, 3.8) is 0 Å². The third kappa shape index (κ3) is 7.03. The van der Waals surface area contributed by atoms with E-state index in [-0.39, 0.29) is 24.7 Å². The molecule has 0 heterocycles. The molecule has 0 saturated carbocycles. The number of hydrogen-bond donors (Lipinski definition) is 0. The van der Waals surface area contributed by atoms with Crippen LogP contribution in [-0.2, 0) is 9.57 Å². The number of unbranched alkanes of at least 4 members (excludes halogenated alkanes) is 2. The fourth-order valence-electron chi connectivity index (χ4n) is 1.44. The van der Waals surface area contributed by atoms with Gasteiger partial charge in [-0.1, -0.05) is 0 Å². The van der Waals surface area contributed by atoms with Gasteiger partial charge in [-0.3, -0.25) is 10.1 Å². The van der Waals surface area contributed by atoms with Gasteiger partial charge in [0.2, 0.25) is 0 Å². The molecule has 1 rings (SSSR count). The molecule has 0 saturated heterocycles. The van der Waals surface area contributed by atoms with Crippen molar-refractivity contribution in [1.29, 1.82) is 0 Å². The molecular weight excluding hydrogens is 300 g/mol. The minimum atomic E-state index is -0.921. The van der Waals surface area contributed by atoms with Gasteiger partial charge in [0.15, 0.2) is 0 Å². The van der Waals surface area contributed by atoms with E-state index >= 15 is 0 Å². The quantitative estimate of drug-likeness (QED) is 0.223. The molecule has 22 heavy (non-hydrogen) atoms. The summed E-state index contributed by atoms with van der Waals surface area (Å²) in [4.78, 5) is 35.2. The molecule has 0 aromatic heterocycles. The Morgan fingerprint density at radius 2 is 1.64 bits per heavy atom. The first-order valence-corrected chi connectivity index (χ1v) is 6.35. The van der Waals surface area contributed by atoms with E-state index in [1.165, 1.54) is 24.3 Å². The monoisotopic (exact) mass is 314 g/mol. The third-order valence-corrected chi connectivity index (χ3v) is 2.45. The molecule has 0 aliphatic carbocycles. The van der Waals surface area contributed by atoms with E-state index in [1.54, 1.807) is 0 Å². The van der Waals surface area contributed by atoms with Crippen molar-refractivity contribution in [2.45, 2.75) is 19.3 Å². The topological polar surface area (TPSA) is 131 Å². The van der Waals surface area contributed by atoms with E-state index in [4.69, 9.17) is 9.47 Å². The summed E-state index contributed by atoms with van der Waals surface area (Å²) in [6.45, 7) is 0.102. The van der Waals surface area contributed by atoms with Crippen molar-refractivity contribution in [2.24, 2.45) is 0 Å². The van der Waals surface area contributed by atoms with Crippen LogP contribution in [0.3, 0.4) is 0 Å². The van der Waals surface area contributed by atoms with Gasteiger partial charge in [0.05, 0.1) is 18.1 Å². The van der Waals surface area contributed by atoms with Crippen molar-refractivity contribution >= 4 is 11.8 Å². The number of benzene rings is 1. The van der Waals surface area contributed by atoms with Gasteiger partial charge in [-0.15, -0.1) is 10.1 Å². The summed E-state index contributed by atoms with van der Waals surface area (Å²) in [5, 5.41) is 19.5. The van der Waals surface area contributed by atoms with E-state index < -0.39 is 16.2 Å². The smallest absolute Gasteiger partial charge is 0.434 e. The Bertz CT molecular complexity index is 516. The minimum Gasteiger partial charge on any atom is -0.434 e. The van der Waals surface area contributed by atoms with Crippen LogP contribution in [-0.4, -0.2) is 29.4 Å². The second kappa shape index (κ2) is 9.10. The van der Waals surface area contributed by atoms with Crippen LogP contribution in [0.2, 0.25) is 0 Å². The summed E-state index contributed by atoms with van der Waals surface area (Å²) >= 11 is 0. The van der Waals surface area contributed by atoms with E-state index in [9.17, 15) is 25.0 Å². The molecule has 0 spiro atoms. The number of nitro groups is 1. The molecule has 0 bridgehead atoms. The zero-order valence-electron chi connectivity index (χ0n) is 11.5. The van der Waals surface area contributed by atoms with Gasteiger partial charge in [0.25, 0.3) is 10.8 Å². The number of carbonyl (C=O) groups excluding carboxylic acids is 1. The molecule has 10 heteroatoms. The first kappa shape index (κ1) is 17.1. The van der Waals surface area contributed by atoms with Gasteiger partial charge in [-0.25, -0.2) is 4.79 Å². The van der Waals surface area contributed by atoms with E-state index in [0.717, 1.165) is 0 Å². The van der Waals surface area contributed by atoms with E-state index in [0.29, 0.717) is 19.3 Å². The van der Waals surface area contributed by atoms with Crippen LogP contribution in [0.1, 0.15) is 19.3 Å². The molecule has 1 aromatic carbocycles. The number of non-ortho nitro benzene ring substituents is 1. The highest BCUT2D eigenvalue weighted by Crippen LogP contribution is 2.17. The largest absolute Gasteiger partial charge is 0.513 e. The van der Waals surface area contributed by atoms with Crippen molar-refractivity contribution in [2.75, 3.05) is 13.2 Å². The summed E-state index contributed by atoms with van der Waals surface area (Å²) in [6, 6.07) is 4.98. The minimum absolute atomic E-state index is 0.000240. The number of ether oxygens (including phenoxy) is 2. The van der Waals surface area contributed by atoms with Gasteiger partial charge >= 0.3 is 6.16 Å². The zero-order valence-corrected chi connectivity index (χ0v) is 11.5. The van der Waals surface area contributed by atoms with Crippen molar-refractivity contribution in [3.8, 4) is 5.75 Å². The highest BCUT2D eigenvalue weighted by molar-refractivity contribution is 5.63. The number of nitro benzene ring substituents is 1. The summed E-state index contributed by atoms with van der Waals surface area (Å²) in [5.41, 5.74) is -0.113. The van der Waals surface area contributed by atoms with E-state index in [1.807, 2.05) is 0 Å². The van der Waals surface area contributed by atoms with Crippen LogP contribution >= 0.6 is 0 Å². The van der Waals surface area contributed by atoms with Crippen molar-refractivity contribution < 1.29 is 29.1 Å². The van der Waals surface area contributed by atoms with Gasteiger partial charge in [-0.05, 0) is 31.4 Å².